The fraction of sp³-hybridized carbons (Fsp3) is 0.294. The quantitative estimate of drug-likeness (QED) is 0.310. The lowest BCUT2D eigenvalue weighted by Gasteiger charge is -2.08. The van der Waals surface area contributed by atoms with Crippen LogP contribution in [0, 0.1) is 0 Å². The van der Waals surface area contributed by atoms with Crippen molar-refractivity contribution >= 4 is 29.9 Å². The van der Waals surface area contributed by atoms with Crippen LogP contribution in [0.1, 0.15) is 18.3 Å². The Balaban J connectivity index is 0.00000264. The zero-order valence-electron chi connectivity index (χ0n) is 13.4. The number of nitrogens with zero attached hydrogens (tertiary/aromatic N) is 3. The molecule has 1 aromatic heterocycles. The van der Waals surface area contributed by atoms with Crippen LogP contribution in [-0.4, -0.2) is 22.1 Å². The zero-order chi connectivity index (χ0) is 15.8. The van der Waals surface area contributed by atoms with Crippen LogP contribution in [0.4, 0.5) is 0 Å². The van der Waals surface area contributed by atoms with E-state index >= 15 is 0 Å². The number of benzene rings is 1. The van der Waals surface area contributed by atoms with Crippen molar-refractivity contribution in [3.8, 4) is 0 Å². The van der Waals surface area contributed by atoms with Crippen molar-refractivity contribution in [1.29, 1.82) is 0 Å². The van der Waals surface area contributed by atoms with Crippen molar-refractivity contribution in [2.75, 3.05) is 6.54 Å². The second kappa shape index (κ2) is 10.0. The van der Waals surface area contributed by atoms with E-state index in [1.54, 1.807) is 6.20 Å². The molecule has 1 heterocycles. The van der Waals surface area contributed by atoms with Crippen LogP contribution in [0.5, 0.6) is 0 Å². The Morgan fingerprint density at radius 1 is 1.35 bits per heavy atom. The molecule has 0 saturated carbocycles. The topological polar surface area (TPSA) is 68.2 Å². The molecule has 3 N–H and O–H groups in total. The molecule has 0 bridgehead atoms. The molecule has 0 fully saturated rings. The van der Waals surface area contributed by atoms with Crippen molar-refractivity contribution in [2.24, 2.45) is 10.7 Å². The molecule has 0 spiro atoms. The zero-order valence-corrected chi connectivity index (χ0v) is 15.7. The van der Waals surface area contributed by atoms with Crippen molar-refractivity contribution < 1.29 is 0 Å². The van der Waals surface area contributed by atoms with Crippen LogP contribution in [0.3, 0.4) is 0 Å². The van der Waals surface area contributed by atoms with Crippen LogP contribution in [0.15, 0.2) is 59.9 Å². The first-order chi connectivity index (χ1) is 10.6. The molecule has 0 unspecified atom stereocenters. The third-order valence-electron chi connectivity index (χ3n) is 3.25. The van der Waals surface area contributed by atoms with E-state index in [2.05, 4.69) is 50.7 Å². The Hall–Kier alpha value is -1.83. The third kappa shape index (κ3) is 6.85. The number of aryl methyl sites for hydroxylation is 2. The largest absolute Gasteiger partial charge is 0.370 e. The van der Waals surface area contributed by atoms with Gasteiger partial charge in [-0.05, 0) is 18.9 Å². The fourth-order valence-corrected chi connectivity index (χ4v) is 2.04. The molecule has 0 atom stereocenters. The summed E-state index contributed by atoms with van der Waals surface area (Å²) < 4.78 is 2.11. The molecule has 6 heteroatoms. The van der Waals surface area contributed by atoms with Gasteiger partial charge in [0.05, 0.1) is 0 Å². The Bertz CT molecular complexity index is 633. The van der Waals surface area contributed by atoms with Gasteiger partial charge in [0.15, 0.2) is 5.96 Å². The summed E-state index contributed by atoms with van der Waals surface area (Å²) in [5.41, 5.74) is 8.14. The third-order valence-corrected chi connectivity index (χ3v) is 3.25. The first-order valence-corrected chi connectivity index (χ1v) is 7.37. The summed E-state index contributed by atoms with van der Waals surface area (Å²) in [6, 6.07) is 10.4. The molecule has 124 valence electrons. The first kappa shape index (κ1) is 19.2. The van der Waals surface area contributed by atoms with E-state index in [0.717, 1.165) is 24.4 Å². The summed E-state index contributed by atoms with van der Waals surface area (Å²) in [7, 11) is 0. The van der Waals surface area contributed by atoms with Gasteiger partial charge in [0.1, 0.15) is 12.4 Å². The van der Waals surface area contributed by atoms with E-state index in [-0.39, 0.29) is 24.0 Å². The van der Waals surface area contributed by atoms with Gasteiger partial charge in [0.2, 0.25) is 0 Å². The highest BCUT2D eigenvalue weighted by atomic mass is 127. The number of guanidine groups is 1. The molecule has 0 radical (unpaired) electrons. The van der Waals surface area contributed by atoms with Crippen molar-refractivity contribution in [3.63, 3.8) is 0 Å². The highest BCUT2D eigenvalue weighted by Crippen LogP contribution is 2.05. The minimum atomic E-state index is 0. The fourth-order valence-electron chi connectivity index (χ4n) is 2.04. The Kier molecular flexibility index (Phi) is 8.39. The van der Waals surface area contributed by atoms with E-state index in [1.165, 1.54) is 5.56 Å². The van der Waals surface area contributed by atoms with E-state index in [4.69, 9.17) is 5.73 Å². The van der Waals surface area contributed by atoms with E-state index in [1.807, 2.05) is 19.2 Å². The van der Waals surface area contributed by atoms with Gasteiger partial charge < -0.3 is 15.6 Å². The Labute approximate surface area is 154 Å². The Morgan fingerprint density at radius 3 is 2.78 bits per heavy atom. The number of hydrogen-bond donors (Lipinski definition) is 2. The summed E-state index contributed by atoms with van der Waals surface area (Å²) >= 11 is 0. The molecule has 0 amide bonds. The van der Waals surface area contributed by atoms with Crippen LogP contribution >= 0.6 is 24.0 Å². The summed E-state index contributed by atoms with van der Waals surface area (Å²) in [6.07, 6.45) is 4.75. The van der Waals surface area contributed by atoms with Gasteiger partial charge in [-0.25, -0.2) is 9.98 Å². The molecule has 5 nitrogen and oxygen atoms in total. The number of aromatic nitrogens is 2. The standard InChI is InChI=1S/C17H23N5.HI/c1-14(2)12-20-17(18)21-13-16-19-9-11-22(16)10-8-15-6-4-3-5-7-15;/h3-7,9,11H,1,8,10,12-13H2,2H3,(H3,18,20,21);1H. The highest BCUT2D eigenvalue weighted by molar-refractivity contribution is 14.0. The minimum absolute atomic E-state index is 0. The summed E-state index contributed by atoms with van der Waals surface area (Å²) in [5.74, 6) is 1.33. The lowest BCUT2D eigenvalue weighted by atomic mass is 10.1. The van der Waals surface area contributed by atoms with Gasteiger partial charge in [0, 0.05) is 25.5 Å². The summed E-state index contributed by atoms with van der Waals surface area (Å²) in [5, 5.41) is 3.01. The van der Waals surface area contributed by atoms with Crippen molar-refractivity contribution in [1.82, 2.24) is 14.9 Å². The SMILES string of the molecule is C=C(C)CNC(N)=NCc1nccn1CCc1ccccc1.I. The maximum atomic E-state index is 5.81. The van der Waals surface area contributed by atoms with Gasteiger partial charge in [-0.1, -0.05) is 42.5 Å². The normalized spacial score (nSPS) is 10.9. The van der Waals surface area contributed by atoms with Gasteiger partial charge in [0.25, 0.3) is 0 Å². The minimum Gasteiger partial charge on any atom is -0.370 e. The van der Waals surface area contributed by atoms with Crippen LogP contribution in [-0.2, 0) is 19.5 Å². The van der Waals surface area contributed by atoms with Gasteiger partial charge in [-0.15, -0.1) is 24.0 Å². The van der Waals surface area contributed by atoms with Gasteiger partial charge in [-0.3, -0.25) is 0 Å². The number of imidazole rings is 1. The second-order valence-corrected chi connectivity index (χ2v) is 5.28. The molecule has 23 heavy (non-hydrogen) atoms. The number of halogens is 1. The predicted octanol–water partition coefficient (Wildman–Crippen LogP) is 2.72. The smallest absolute Gasteiger partial charge is 0.189 e. The average Bonchev–Trinajstić information content (AvgIpc) is 2.97. The highest BCUT2D eigenvalue weighted by Gasteiger charge is 2.03. The van der Waals surface area contributed by atoms with E-state index in [0.29, 0.717) is 19.0 Å². The number of aliphatic imine (C=N–C) groups is 1. The molecule has 0 saturated heterocycles. The molecule has 0 aliphatic rings. The lowest BCUT2D eigenvalue weighted by molar-refractivity contribution is 0.651. The molecule has 2 aromatic rings. The van der Waals surface area contributed by atoms with Crippen LogP contribution in [0.25, 0.3) is 0 Å². The predicted molar refractivity (Wildman–Crippen MR) is 106 cm³/mol. The molecule has 0 aliphatic heterocycles. The second-order valence-electron chi connectivity index (χ2n) is 5.28. The average molecular weight is 425 g/mol. The van der Waals surface area contributed by atoms with Gasteiger partial charge in [-0.2, -0.15) is 0 Å². The lowest BCUT2D eigenvalue weighted by Crippen LogP contribution is -2.32. The molecular formula is C17H24IN5. The molecular weight excluding hydrogens is 401 g/mol. The first-order valence-electron chi connectivity index (χ1n) is 7.37. The van der Waals surface area contributed by atoms with Crippen LogP contribution < -0.4 is 11.1 Å². The molecule has 0 aliphatic carbocycles. The number of hydrogen-bond acceptors (Lipinski definition) is 2. The molecule has 1 aromatic carbocycles. The maximum absolute atomic E-state index is 5.81. The number of nitrogens with one attached hydrogen (secondary N) is 1. The number of nitrogens with two attached hydrogens (primary N) is 1. The van der Waals surface area contributed by atoms with E-state index in [9.17, 15) is 0 Å². The van der Waals surface area contributed by atoms with Crippen molar-refractivity contribution in [3.05, 3.63) is 66.3 Å². The van der Waals surface area contributed by atoms with Crippen molar-refractivity contribution in [2.45, 2.75) is 26.4 Å². The summed E-state index contributed by atoms with van der Waals surface area (Å²) in [4.78, 5) is 8.66. The van der Waals surface area contributed by atoms with Gasteiger partial charge >= 0.3 is 0 Å². The summed E-state index contributed by atoms with van der Waals surface area (Å²) in [6.45, 7) is 7.74. The van der Waals surface area contributed by atoms with E-state index < -0.39 is 0 Å². The monoisotopic (exact) mass is 425 g/mol. The maximum Gasteiger partial charge on any atom is 0.189 e. The molecule has 2 rings (SSSR count). The van der Waals surface area contributed by atoms with Crippen LogP contribution in [0.2, 0.25) is 0 Å². The Morgan fingerprint density at radius 2 is 2.09 bits per heavy atom. The number of rotatable bonds is 7.